The van der Waals surface area contributed by atoms with Gasteiger partial charge in [-0.3, -0.25) is 4.98 Å². The number of aromatic nitrogens is 1. The van der Waals surface area contributed by atoms with Crippen LogP contribution >= 0.6 is 0 Å². The van der Waals surface area contributed by atoms with Gasteiger partial charge in [-0.25, -0.2) is 4.79 Å². The number of nitrogens with zero attached hydrogens (tertiary/aromatic N) is 2. The van der Waals surface area contributed by atoms with Gasteiger partial charge in [0.05, 0.1) is 32.1 Å². The summed E-state index contributed by atoms with van der Waals surface area (Å²) in [6.07, 6.45) is 3.35. The minimum atomic E-state index is -0.206. The van der Waals surface area contributed by atoms with Gasteiger partial charge in [0.25, 0.3) is 0 Å². The predicted molar refractivity (Wildman–Crippen MR) is 102 cm³/mol. The minimum absolute atomic E-state index is 0.101. The number of methoxy groups -OCH3 is 2. The zero-order valence-corrected chi connectivity index (χ0v) is 15.5. The molecule has 1 unspecified atom stereocenters. The number of amides is 2. The number of pyridine rings is 1. The molecule has 8 nitrogen and oxygen atoms in total. The van der Waals surface area contributed by atoms with Gasteiger partial charge in [-0.2, -0.15) is 0 Å². The van der Waals surface area contributed by atoms with Crippen molar-refractivity contribution in [3.63, 3.8) is 0 Å². The second kappa shape index (κ2) is 9.09. The Labute approximate surface area is 158 Å². The fraction of sp³-hybridized carbons (Fsp3) is 0.368. The third kappa shape index (κ3) is 4.79. The normalized spacial score (nSPS) is 16.5. The van der Waals surface area contributed by atoms with E-state index in [1.165, 1.54) is 0 Å². The molecular formula is C19H24N4O4. The SMILES string of the molecule is COc1ccc(OC)c(NC(=O)N2CCNCC2COc2cccnc2)c1. The number of carbonyl (C=O) groups is 1. The Morgan fingerprint density at radius 2 is 2.19 bits per heavy atom. The van der Waals surface area contributed by atoms with Crippen LogP contribution in [0.15, 0.2) is 42.7 Å². The molecule has 2 amide bonds. The molecule has 3 rings (SSSR count). The molecule has 8 heteroatoms. The van der Waals surface area contributed by atoms with Crippen molar-refractivity contribution < 1.29 is 19.0 Å². The number of ether oxygens (including phenoxy) is 3. The number of anilines is 1. The van der Waals surface area contributed by atoms with Crippen molar-refractivity contribution in [3.05, 3.63) is 42.7 Å². The maximum absolute atomic E-state index is 12.9. The summed E-state index contributed by atoms with van der Waals surface area (Å²) in [5.41, 5.74) is 0.562. The fourth-order valence-electron chi connectivity index (χ4n) is 2.90. The van der Waals surface area contributed by atoms with Gasteiger partial charge in [0, 0.05) is 31.9 Å². The highest BCUT2D eigenvalue weighted by Crippen LogP contribution is 2.29. The van der Waals surface area contributed by atoms with Crippen LogP contribution in [0.5, 0.6) is 17.2 Å². The second-order valence-electron chi connectivity index (χ2n) is 6.05. The molecule has 0 saturated carbocycles. The molecule has 0 radical (unpaired) electrons. The summed E-state index contributed by atoms with van der Waals surface area (Å²) in [5, 5.41) is 6.22. The zero-order chi connectivity index (χ0) is 19.1. The van der Waals surface area contributed by atoms with Crippen LogP contribution in [0, 0.1) is 0 Å². The predicted octanol–water partition coefficient (Wildman–Crippen LogP) is 1.98. The minimum Gasteiger partial charge on any atom is -0.497 e. The van der Waals surface area contributed by atoms with Gasteiger partial charge in [0.2, 0.25) is 0 Å². The van der Waals surface area contributed by atoms with Gasteiger partial charge in [-0.1, -0.05) is 0 Å². The number of carbonyl (C=O) groups excluding carboxylic acids is 1. The van der Waals surface area contributed by atoms with Gasteiger partial charge in [0.15, 0.2) is 0 Å². The van der Waals surface area contributed by atoms with Crippen LogP contribution in [0.4, 0.5) is 10.5 Å². The Morgan fingerprint density at radius 3 is 2.93 bits per heavy atom. The Hall–Kier alpha value is -3.00. The smallest absolute Gasteiger partial charge is 0.322 e. The lowest BCUT2D eigenvalue weighted by Gasteiger charge is -2.36. The van der Waals surface area contributed by atoms with Crippen molar-refractivity contribution in [1.82, 2.24) is 15.2 Å². The van der Waals surface area contributed by atoms with E-state index in [-0.39, 0.29) is 12.1 Å². The molecule has 1 atom stereocenters. The average molecular weight is 372 g/mol. The zero-order valence-electron chi connectivity index (χ0n) is 15.5. The maximum Gasteiger partial charge on any atom is 0.322 e. The molecular weight excluding hydrogens is 348 g/mol. The van der Waals surface area contributed by atoms with E-state index in [2.05, 4.69) is 15.6 Å². The lowest BCUT2D eigenvalue weighted by Crippen LogP contribution is -2.57. The number of hydrogen-bond acceptors (Lipinski definition) is 6. The third-order valence-electron chi connectivity index (χ3n) is 4.34. The van der Waals surface area contributed by atoms with Crippen molar-refractivity contribution in [1.29, 1.82) is 0 Å². The topological polar surface area (TPSA) is 85.0 Å². The van der Waals surface area contributed by atoms with Crippen molar-refractivity contribution >= 4 is 11.7 Å². The van der Waals surface area contributed by atoms with Crippen LogP contribution in [0.3, 0.4) is 0 Å². The molecule has 0 aliphatic carbocycles. The first kappa shape index (κ1) is 18.8. The van der Waals surface area contributed by atoms with E-state index in [9.17, 15) is 4.79 Å². The second-order valence-corrected chi connectivity index (χ2v) is 6.05. The van der Waals surface area contributed by atoms with Gasteiger partial charge >= 0.3 is 6.03 Å². The highest BCUT2D eigenvalue weighted by Gasteiger charge is 2.28. The van der Waals surface area contributed by atoms with Crippen LogP contribution in [-0.2, 0) is 0 Å². The van der Waals surface area contributed by atoms with Crippen molar-refractivity contribution in [2.45, 2.75) is 6.04 Å². The number of urea groups is 1. The molecule has 0 bridgehead atoms. The molecule has 1 fully saturated rings. The van der Waals surface area contributed by atoms with Gasteiger partial charge in [0.1, 0.15) is 23.9 Å². The number of benzene rings is 1. The summed E-state index contributed by atoms with van der Waals surface area (Å²) in [4.78, 5) is 18.7. The van der Waals surface area contributed by atoms with Crippen LogP contribution in [0.1, 0.15) is 0 Å². The van der Waals surface area contributed by atoms with Gasteiger partial charge in [-0.05, 0) is 24.3 Å². The lowest BCUT2D eigenvalue weighted by molar-refractivity contribution is 0.132. The monoisotopic (exact) mass is 372 g/mol. The van der Waals surface area contributed by atoms with E-state index >= 15 is 0 Å². The summed E-state index contributed by atoms with van der Waals surface area (Å²) in [6, 6.07) is 8.63. The quantitative estimate of drug-likeness (QED) is 0.807. The fourth-order valence-corrected chi connectivity index (χ4v) is 2.90. The molecule has 2 heterocycles. The van der Waals surface area contributed by atoms with E-state index in [0.29, 0.717) is 42.6 Å². The molecule has 1 saturated heterocycles. The molecule has 1 aliphatic rings. The number of nitrogens with one attached hydrogen (secondary N) is 2. The molecule has 0 spiro atoms. The van der Waals surface area contributed by atoms with Crippen molar-refractivity contribution in [2.75, 3.05) is 45.8 Å². The number of rotatable bonds is 6. The van der Waals surface area contributed by atoms with Crippen molar-refractivity contribution in [3.8, 4) is 17.2 Å². The first-order valence-electron chi connectivity index (χ1n) is 8.74. The molecule has 1 aromatic heterocycles. The summed E-state index contributed by atoms with van der Waals surface area (Å²) in [6.45, 7) is 2.34. The summed E-state index contributed by atoms with van der Waals surface area (Å²) in [7, 11) is 3.14. The molecule has 144 valence electrons. The van der Waals surface area contributed by atoms with Crippen LogP contribution < -0.4 is 24.8 Å². The van der Waals surface area contributed by atoms with E-state index in [0.717, 1.165) is 6.54 Å². The average Bonchev–Trinajstić information content (AvgIpc) is 2.73. The van der Waals surface area contributed by atoms with E-state index in [4.69, 9.17) is 14.2 Å². The molecule has 2 N–H and O–H groups in total. The van der Waals surface area contributed by atoms with Gasteiger partial charge in [-0.15, -0.1) is 0 Å². The number of hydrogen-bond donors (Lipinski definition) is 2. The Balaban J connectivity index is 1.68. The summed E-state index contributed by atoms with van der Waals surface area (Å²) >= 11 is 0. The van der Waals surface area contributed by atoms with E-state index in [1.807, 2.05) is 12.1 Å². The van der Waals surface area contributed by atoms with Crippen LogP contribution in [-0.4, -0.2) is 62.4 Å². The molecule has 27 heavy (non-hydrogen) atoms. The first-order valence-corrected chi connectivity index (χ1v) is 8.74. The highest BCUT2D eigenvalue weighted by atomic mass is 16.5. The first-order chi connectivity index (χ1) is 13.2. The molecule has 1 aliphatic heterocycles. The Morgan fingerprint density at radius 1 is 1.30 bits per heavy atom. The lowest BCUT2D eigenvalue weighted by atomic mass is 10.2. The van der Waals surface area contributed by atoms with Crippen LogP contribution in [0.25, 0.3) is 0 Å². The highest BCUT2D eigenvalue weighted by molar-refractivity contribution is 5.91. The molecule has 2 aromatic rings. The van der Waals surface area contributed by atoms with Crippen LogP contribution in [0.2, 0.25) is 0 Å². The number of piperazine rings is 1. The Bertz CT molecular complexity index is 757. The van der Waals surface area contributed by atoms with Gasteiger partial charge < -0.3 is 29.7 Å². The summed E-state index contributed by atoms with van der Waals surface area (Å²) < 4.78 is 16.4. The maximum atomic E-state index is 12.9. The standard InChI is InChI=1S/C19H24N4O4/c1-25-15-5-6-18(26-2)17(10-15)22-19(24)23-9-8-21-11-14(23)13-27-16-4-3-7-20-12-16/h3-7,10,12,14,21H,8-9,11,13H2,1-2H3,(H,22,24). The third-order valence-corrected chi connectivity index (χ3v) is 4.34. The summed E-state index contributed by atoms with van der Waals surface area (Å²) in [5.74, 6) is 1.89. The molecule has 1 aromatic carbocycles. The Kier molecular flexibility index (Phi) is 6.32. The van der Waals surface area contributed by atoms with E-state index in [1.54, 1.807) is 49.7 Å². The van der Waals surface area contributed by atoms with Crippen molar-refractivity contribution in [2.24, 2.45) is 0 Å². The largest absolute Gasteiger partial charge is 0.497 e. The van der Waals surface area contributed by atoms with E-state index < -0.39 is 0 Å².